The van der Waals surface area contributed by atoms with E-state index in [2.05, 4.69) is 19.5 Å². The van der Waals surface area contributed by atoms with Crippen molar-refractivity contribution >= 4 is 0 Å². The summed E-state index contributed by atoms with van der Waals surface area (Å²) in [7, 11) is 0. The first-order valence-corrected chi connectivity index (χ1v) is 7.11. The van der Waals surface area contributed by atoms with Crippen LogP contribution in [-0.4, -0.2) is 37.3 Å². The molecule has 3 heterocycles. The third kappa shape index (κ3) is 2.30. The predicted molar refractivity (Wildman–Crippen MR) is 71.6 cm³/mol. The lowest BCUT2D eigenvalue weighted by molar-refractivity contribution is 0.207. The first-order chi connectivity index (χ1) is 9.38. The minimum Gasteiger partial charge on any atom is -0.328 e. The Balaban J connectivity index is 1.49. The summed E-state index contributed by atoms with van der Waals surface area (Å²) >= 11 is 0. The average Bonchev–Trinajstić information content (AvgIpc) is 2.94. The van der Waals surface area contributed by atoms with E-state index in [0.717, 1.165) is 32.1 Å². The largest absolute Gasteiger partial charge is 0.328 e. The van der Waals surface area contributed by atoms with Crippen molar-refractivity contribution in [3.05, 3.63) is 36.2 Å². The molecule has 2 aromatic heterocycles. The SMILES string of the molecule is c1cnn(Cc2cnc3n2CCN(CC2CC2)C3)c1. The minimum absolute atomic E-state index is 0.822. The van der Waals surface area contributed by atoms with Gasteiger partial charge in [0.25, 0.3) is 0 Å². The number of nitrogens with zero attached hydrogens (tertiary/aromatic N) is 5. The Bertz CT molecular complexity index is 552. The topological polar surface area (TPSA) is 38.9 Å². The van der Waals surface area contributed by atoms with E-state index in [4.69, 9.17) is 0 Å². The second-order valence-corrected chi connectivity index (χ2v) is 5.70. The number of fused-ring (bicyclic) bond motifs is 1. The second kappa shape index (κ2) is 4.49. The molecule has 0 aromatic carbocycles. The lowest BCUT2D eigenvalue weighted by atomic mass is 10.3. The molecule has 2 aliphatic rings. The fourth-order valence-corrected chi connectivity index (χ4v) is 2.88. The molecule has 100 valence electrons. The highest BCUT2D eigenvalue weighted by Gasteiger charge is 2.27. The maximum atomic E-state index is 4.60. The number of imidazole rings is 1. The lowest BCUT2D eigenvalue weighted by Gasteiger charge is -2.28. The Morgan fingerprint density at radius 1 is 1.26 bits per heavy atom. The summed E-state index contributed by atoms with van der Waals surface area (Å²) in [6.07, 6.45) is 8.69. The maximum Gasteiger partial charge on any atom is 0.123 e. The molecule has 0 bridgehead atoms. The van der Waals surface area contributed by atoms with Crippen LogP contribution in [0.4, 0.5) is 0 Å². The van der Waals surface area contributed by atoms with E-state index in [-0.39, 0.29) is 0 Å². The minimum atomic E-state index is 0.822. The highest BCUT2D eigenvalue weighted by molar-refractivity contribution is 5.08. The fourth-order valence-electron chi connectivity index (χ4n) is 2.88. The van der Waals surface area contributed by atoms with Gasteiger partial charge >= 0.3 is 0 Å². The van der Waals surface area contributed by atoms with Crippen LogP contribution in [0, 0.1) is 5.92 Å². The van der Waals surface area contributed by atoms with Crippen LogP contribution in [0.25, 0.3) is 0 Å². The van der Waals surface area contributed by atoms with Crippen LogP contribution in [0.5, 0.6) is 0 Å². The van der Waals surface area contributed by atoms with Gasteiger partial charge in [0.1, 0.15) is 5.82 Å². The molecule has 1 aliphatic carbocycles. The molecule has 1 saturated carbocycles. The van der Waals surface area contributed by atoms with Crippen LogP contribution in [0.2, 0.25) is 0 Å². The molecule has 0 radical (unpaired) electrons. The maximum absolute atomic E-state index is 4.60. The molecule has 1 aliphatic heterocycles. The molecule has 4 rings (SSSR count). The van der Waals surface area contributed by atoms with E-state index < -0.39 is 0 Å². The van der Waals surface area contributed by atoms with Gasteiger partial charge in [0, 0.05) is 32.0 Å². The van der Waals surface area contributed by atoms with Crippen LogP contribution in [0.1, 0.15) is 24.4 Å². The molecule has 5 nitrogen and oxygen atoms in total. The highest BCUT2D eigenvalue weighted by atomic mass is 15.3. The molecule has 0 atom stereocenters. The molecular formula is C14H19N5. The van der Waals surface area contributed by atoms with E-state index in [1.165, 1.54) is 30.9 Å². The molecule has 0 amide bonds. The molecule has 0 spiro atoms. The number of rotatable bonds is 4. The van der Waals surface area contributed by atoms with Crippen molar-refractivity contribution < 1.29 is 0 Å². The molecule has 2 aromatic rings. The summed E-state index contributed by atoms with van der Waals surface area (Å²) in [6.45, 7) is 5.32. The Kier molecular flexibility index (Phi) is 2.65. The van der Waals surface area contributed by atoms with E-state index in [0.29, 0.717) is 0 Å². The Hall–Kier alpha value is -1.62. The standard InChI is InChI=1S/C14H19N5/c1-4-16-18(5-1)10-13-8-15-14-11-17(6-7-19(13)14)9-12-2-3-12/h1,4-5,8,12H,2-3,6-7,9-11H2. The second-order valence-electron chi connectivity index (χ2n) is 5.70. The van der Waals surface area contributed by atoms with Crippen molar-refractivity contribution in [2.45, 2.75) is 32.5 Å². The number of hydrogen-bond donors (Lipinski definition) is 0. The van der Waals surface area contributed by atoms with Gasteiger partial charge in [-0.1, -0.05) is 0 Å². The van der Waals surface area contributed by atoms with Crippen molar-refractivity contribution in [1.82, 2.24) is 24.2 Å². The van der Waals surface area contributed by atoms with Gasteiger partial charge in [0.05, 0.1) is 25.0 Å². The summed E-state index contributed by atoms with van der Waals surface area (Å²) in [5.41, 5.74) is 1.27. The molecule has 0 saturated heterocycles. The van der Waals surface area contributed by atoms with E-state index in [1.54, 1.807) is 0 Å². The third-order valence-corrected chi connectivity index (χ3v) is 4.12. The highest BCUT2D eigenvalue weighted by Crippen LogP contribution is 2.30. The zero-order chi connectivity index (χ0) is 12.7. The molecule has 0 N–H and O–H groups in total. The van der Waals surface area contributed by atoms with E-state index in [9.17, 15) is 0 Å². The first kappa shape index (κ1) is 11.2. The summed E-state index contributed by atoms with van der Waals surface area (Å²) < 4.78 is 4.33. The molecular weight excluding hydrogens is 238 g/mol. The summed E-state index contributed by atoms with van der Waals surface area (Å²) in [4.78, 5) is 7.15. The van der Waals surface area contributed by atoms with Crippen molar-refractivity contribution in [2.75, 3.05) is 13.1 Å². The van der Waals surface area contributed by atoms with Gasteiger partial charge in [-0.05, 0) is 24.8 Å². The summed E-state index contributed by atoms with van der Waals surface area (Å²) in [5.74, 6) is 2.18. The van der Waals surface area contributed by atoms with Crippen molar-refractivity contribution in [2.24, 2.45) is 5.92 Å². The monoisotopic (exact) mass is 257 g/mol. The number of hydrogen-bond acceptors (Lipinski definition) is 3. The van der Waals surface area contributed by atoms with Gasteiger partial charge in [-0.3, -0.25) is 9.58 Å². The van der Waals surface area contributed by atoms with Gasteiger partial charge in [-0.2, -0.15) is 5.10 Å². The average molecular weight is 257 g/mol. The normalized spacial score (nSPS) is 19.6. The first-order valence-electron chi connectivity index (χ1n) is 7.11. The van der Waals surface area contributed by atoms with Gasteiger partial charge in [0.2, 0.25) is 0 Å². The quantitative estimate of drug-likeness (QED) is 0.830. The zero-order valence-electron chi connectivity index (χ0n) is 11.1. The number of aromatic nitrogens is 4. The lowest BCUT2D eigenvalue weighted by Crippen LogP contribution is -2.35. The van der Waals surface area contributed by atoms with Crippen LogP contribution < -0.4 is 0 Å². The molecule has 5 heteroatoms. The Morgan fingerprint density at radius 2 is 2.21 bits per heavy atom. The van der Waals surface area contributed by atoms with Crippen LogP contribution in [0.3, 0.4) is 0 Å². The molecule has 19 heavy (non-hydrogen) atoms. The van der Waals surface area contributed by atoms with Crippen LogP contribution >= 0.6 is 0 Å². The van der Waals surface area contributed by atoms with E-state index in [1.807, 2.05) is 29.3 Å². The van der Waals surface area contributed by atoms with Crippen LogP contribution in [-0.2, 0) is 19.6 Å². The summed E-state index contributed by atoms with van der Waals surface area (Å²) in [6, 6.07) is 1.96. The van der Waals surface area contributed by atoms with Crippen LogP contribution in [0.15, 0.2) is 24.7 Å². The van der Waals surface area contributed by atoms with Crippen molar-refractivity contribution in [1.29, 1.82) is 0 Å². The Labute approximate surface area is 112 Å². The van der Waals surface area contributed by atoms with Crippen molar-refractivity contribution in [3.63, 3.8) is 0 Å². The van der Waals surface area contributed by atoms with Gasteiger partial charge in [-0.25, -0.2) is 4.98 Å². The van der Waals surface area contributed by atoms with Gasteiger partial charge in [0.15, 0.2) is 0 Å². The van der Waals surface area contributed by atoms with Gasteiger partial charge < -0.3 is 4.57 Å². The summed E-state index contributed by atoms with van der Waals surface area (Å²) in [5, 5.41) is 4.27. The van der Waals surface area contributed by atoms with E-state index >= 15 is 0 Å². The smallest absolute Gasteiger partial charge is 0.123 e. The van der Waals surface area contributed by atoms with Gasteiger partial charge in [-0.15, -0.1) is 0 Å². The molecule has 1 fully saturated rings. The third-order valence-electron chi connectivity index (χ3n) is 4.12. The van der Waals surface area contributed by atoms with Crippen molar-refractivity contribution in [3.8, 4) is 0 Å². The predicted octanol–water partition coefficient (Wildman–Crippen LogP) is 1.35. The zero-order valence-corrected chi connectivity index (χ0v) is 11.1. The fraction of sp³-hybridized carbons (Fsp3) is 0.571. The Morgan fingerprint density at radius 3 is 3.00 bits per heavy atom. The molecule has 0 unspecified atom stereocenters.